The lowest BCUT2D eigenvalue weighted by molar-refractivity contribution is -0.384. The zero-order chi connectivity index (χ0) is 19.9. The predicted octanol–water partition coefficient (Wildman–Crippen LogP) is 4.98. The Hall–Kier alpha value is -2.97. The second kappa shape index (κ2) is 9.29. The number of rotatable bonds is 9. The van der Waals surface area contributed by atoms with Crippen LogP contribution in [0.3, 0.4) is 0 Å². The Morgan fingerprint density at radius 3 is 2.64 bits per heavy atom. The highest BCUT2D eigenvalue weighted by Gasteiger charge is 2.18. The third kappa shape index (κ3) is 4.85. The average molecular weight is 415 g/mol. The minimum absolute atomic E-state index is 0.0203. The van der Waals surface area contributed by atoms with E-state index in [0.717, 1.165) is 9.75 Å². The number of nitro benzene ring substituents is 1. The second-order valence-electron chi connectivity index (χ2n) is 5.85. The summed E-state index contributed by atoms with van der Waals surface area (Å²) >= 11 is 3.03. The first kappa shape index (κ1) is 19.8. The van der Waals surface area contributed by atoms with E-state index in [-0.39, 0.29) is 18.2 Å². The maximum atomic E-state index is 12.7. The average Bonchev–Trinajstić information content (AvgIpc) is 3.39. The molecule has 0 aliphatic carbocycles. The summed E-state index contributed by atoms with van der Waals surface area (Å²) in [5.74, 6) is 0.264. The van der Waals surface area contributed by atoms with E-state index in [2.05, 4.69) is 6.58 Å². The molecule has 0 radical (unpaired) electrons. The van der Waals surface area contributed by atoms with Crippen LogP contribution in [-0.2, 0) is 11.3 Å². The molecule has 0 aliphatic heterocycles. The van der Waals surface area contributed by atoms with Crippen molar-refractivity contribution in [1.82, 2.24) is 4.90 Å². The van der Waals surface area contributed by atoms with Gasteiger partial charge < -0.3 is 9.64 Å². The number of non-ortho nitro benzene ring substituents is 1. The van der Waals surface area contributed by atoms with Gasteiger partial charge in [0, 0.05) is 34.0 Å². The van der Waals surface area contributed by atoms with Crippen molar-refractivity contribution in [2.45, 2.75) is 6.54 Å². The van der Waals surface area contributed by atoms with Gasteiger partial charge in [0.15, 0.2) is 6.61 Å². The van der Waals surface area contributed by atoms with Gasteiger partial charge in [-0.1, -0.05) is 18.2 Å². The SMILES string of the molecule is C=CCN(Cc1cccs1)C(=O)COc1ccc([N+](=O)[O-])cc1-c1cccs1. The summed E-state index contributed by atoms with van der Waals surface area (Å²) in [5.41, 5.74) is 0.582. The van der Waals surface area contributed by atoms with Crippen molar-refractivity contribution in [2.24, 2.45) is 0 Å². The Kier molecular flexibility index (Phi) is 6.57. The maximum Gasteiger partial charge on any atom is 0.270 e. The summed E-state index contributed by atoms with van der Waals surface area (Å²) in [4.78, 5) is 26.9. The molecule has 0 aliphatic rings. The normalized spacial score (nSPS) is 10.4. The first-order valence-corrected chi connectivity index (χ1v) is 10.2. The number of ether oxygens (including phenoxy) is 1. The Balaban J connectivity index is 1.76. The van der Waals surface area contributed by atoms with Gasteiger partial charge in [0.05, 0.1) is 11.5 Å². The van der Waals surface area contributed by atoms with Crippen LogP contribution >= 0.6 is 22.7 Å². The fourth-order valence-corrected chi connectivity index (χ4v) is 4.08. The van der Waals surface area contributed by atoms with Gasteiger partial charge >= 0.3 is 0 Å². The molecule has 3 rings (SSSR count). The van der Waals surface area contributed by atoms with Crippen LogP contribution in [0.4, 0.5) is 5.69 Å². The molecule has 0 fully saturated rings. The van der Waals surface area contributed by atoms with Gasteiger partial charge in [-0.25, -0.2) is 0 Å². The van der Waals surface area contributed by atoms with Crippen LogP contribution in [0.25, 0.3) is 10.4 Å². The van der Waals surface area contributed by atoms with Crippen molar-refractivity contribution >= 4 is 34.3 Å². The molecule has 0 bridgehead atoms. The van der Waals surface area contributed by atoms with E-state index in [1.54, 1.807) is 22.3 Å². The van der Waals surface area contributed by atoms with E-state index in [1.165, 1.54) is 29.5 Å². The van der Waals surface area contributed by atoms with Crippen molar-refractivity contribution in [3.8, 4) is 16.2 Å². The number of benzene rings is 1. The van der Waals surface area contributed by atoms with Crippen molar-refractivity contribution in [1.29, 1.82) is 0 Å². The van der Waals surface area contributed by atoms with Crippen molar-refractivity contribution < 1.29 is 14.5 Å². The third-order valence-corrected chi connectivity index (χ3v) is 5.71. The molecule has 0 saturated heterocycles. The van der Waals surface area contributed by atoms with Crippen LogP contribution in [0.2, 0.25) is 0 Å². The zero-order valence-electron chi connectivity index (χ0n) is 14.9. The molecule has 0 atom stereocenters. The van der Waals surface area contributed by atoms with Crippen molar-refractivity contribution in [3.63, 3.8) is 0 Å². The van der Waals surface area contributed by atoms with Crippen molar-refractivity contribution in [3.05, 3.63) is 80.9 Å². The molecule has 1 amide bonds. The van der Waals surface area contributed by atoms with Gasteiger partial charge in [0.25, 0.3) is 11.6 Å². The van der Waals surface area contributed by atoms with E-state index < -0.39 is 4.92 Å². The summed E-state index contributed by atoms with van der Waals surface area (Å²) in [5, 5.41) is 15.0. The zero-order valence-corrected chi connectivity index (χ0v) is 16.6. The van der Waals surface area contributed by atoms with Crippen LogP contribution in [0, 0.1) is 10.1 Å². The number of amides is 1. The van der Waals surface area contributed by atoms with Crippen molar-refractivity contribution in [2.75, 3.05) is 13.2 Å². The molecule has 0 spiro atoms. The number of thiophene rings is 2. The summed E-state index contributed by atoms with van der Waals surface area (Å²) in [7, 11) is 0. The molecular formula is C20H18N2O4S2. The van der Waals surface area contributed by atoms with Gasteiger partial charge in [-0.2, -0.15) is 0 Å². The summed E-state index contributed by atoms with van der Waals surface area (Å²) in [6.45, 7) is 4.46. The molecule has 8 heteroatoms. The highest BCUT2D eigenvalue weighted by Crippen LogP contribution is 2.36. The highest BCUT2D eigenvalue weighted by atomic mass is 32.1. The number of carbonyl (C=O) groups is 1. The molecular weight excluding hydrogens is 396 g/mol. The van der Waals surface area contributed by atoms with Crippen LogP contribution < -0.4 is 4.74 Å². The fourth-order valence-electron chi connectivity index (χ4n) is 2.61. The van der Waals surface area contributed by atoms with Crippen LogP contribution in [0.15, 0.2) is 65.9 Å². The van der Waals surface area contributed by atoms with Gasteiger partial charge in [-0.15, -0.1) is 29.3 Å². The molecule has 28 heavy (non-hydrogen) atoms. The van der Waals surface area contributed by atoms with Gasteiger partial charge in [0.2, 0.25) is 0 Å². The number of carbonyl (C=O) groups excluding carboxylic acids is 1. The molecule has 6 nitrogen and oxygen atoms in total. The molecule has 3 aromatic rings. The number of hydrogen-bond acceptors (Lipinski definition) is 6. The third-order valence-electron chi connectivity index (χ3n) is 3.94. The highest BCUT2D eigenvalue weighted by molar-refractivity contribution is 7.13. The molecule has 2 heterocycles. The van der Waals surface area contributed by atoms with E-state index in [1.807, 2.05) is 35.0 Å². The Morgan fingerprint density at radius 1 is 1.21 bits per heavy atom. The summed E-state index contributed by atoms with van der Waals surface area (Å²) < 4.78 is 5.77. The van der Waals surface area contributed by atoms with Crippen LogP contribution in [0.5, 0.6) is 5.75 Å². The predicted molar refractivity (Wildman–Crippen MR) is 112 cm³/mol. The number of nitrogens with zero attached hydrogens (tertiary/aromatic N) is 2. The molecule has 0 N–H and O–H groups in total. The smallest absolute Gasteiger partial charge is 0.270 e. The lowest BCUT2D eigenvalue weighted by atomic mass is 10.1. The van der Waals surface area contributed by atoms with E-state index in [0.29, 0.717) is 24.4 Å². The minimum atomic E-state index is -0.446. The fraction of sp³-hybridized carbons (Fsp3) is 0.150. The summed E-state index contributed by atoms with van der Waals surface area (Å²) in [6, 6.07) is 12.0. The molecule has 0 unspecified atom stereocenters. The van der Waals surface area contributed by atoms with Crippen LogP contribution in [0.1, 0.15) is 4.88 Å². The lowest BCUT2D eigenvalue weighted by Gasteiger charge is -2.21. The second-order valence-corrected chi connectivity index (χ2v) is 7.83. The lowest BCUT2D eigenvalue weighted by Crippen LogP contribution is -2.34. The van der Waals surface area contributed by atoms with Gasteiger partial charge in [-0.3, -0.25) is 14.9 Å². The number of hydrogen-bond donors (Lipinski definition) is 0. The van der Waals surface area contributed by atoms with E-state index >= 15 is 0 Å². The van der Waals surface area contributed by atoms with Crippen LogP contribution in [-0.4, -0.2) is 28.9 Å². The Morgan fingerprint density at radius 2 is 2.00 bits per heavy atom. The molecule has 144 valence electrons. The minimum Gasteiger partial charge on any atom is -0.483 e. The number of nitro groups is 1. The summed E-state index contributed by atoms with van der Waals surface area (Å²) in [6.07, 6.45) is 1.68. The van der Waals surface area contributed by atoms with Gasteiger partial charge in [-0.05, 0) is 29.0 Å². The molecule has 0 saturated carbocycles. The van der Waals surface area contributed by atoms with E-state index in [9.17, 15) is 14.9 Å². The first-order valence-electron chi connectivity index (χ1n) is 8.44. The monoisotopic (exact) mass is 414 g/mol. The molecule has 1 aromatic carbocycles. The van der Waals surface area contributed by atoms with Gasteiger partial charge in [0.1, 0.15) is 5.75 Å². The largest absolute Gasteiger partial charge is 0.483 e. The first-order chi connectivity index (χ1) is 13.6. The van der Waals surface area contributed by atoms with E-state index in [4.69, 9.17) is 4.74 Å². The quantitative estimate of drug-likeness (QED) is 0.281. The Bertz CT molecular complexity index is 953. The Labute approximate surface area is 170 Å². The standard InChI is InChI=1S/C20H18N2O4S2/c1-2-9-21(13-16-5-3-10-27-16)20(23)14-26-18-8-7-15(22(24)25)12-17(18)19-6-4-11-28-19/h2-8,10-12H,1,9,13-14H2. The topological polar surface area (TPSA) is 72.7 Å². The maximum absolute atomic E-state index is 12.7. The molecule has 2 aromatic heterocycles.